The van der Waals surface area contributed by atoms with Gasteiger partial charge in [0.25, 0.3) is 0 Å². The van der Waals surface area contributed by atoms with Crippen molar-refractivity contribution in [3.05, 3.63) is 72.6 Å². The van der Waals surface area contributed by atoms with Crippen molar-refractivity contribution in [2.75, 3.05) is 0 Å². The van der Waals surface area contributed by atoms with Crippen molar-refractivity contribution >= 4 is 56.6 Å². The van der Waals surface area contributed by atoms with Gasteiger partial charge in [-0.25, -0.2) is 9.78 Å². The van der Waals surface area contributed by atoms with Gasteiger partial charge in [-0.15, -0.1) is 11.3 Å². The van der Waals surface area contributed by atoms with Gasteiger partial charge in [0, 0.05) is 21.6 Å². The van der Waals surface area contributed by atoms with Crippen LogP contribution in [0.15, 0.2) is 53.9 Å². The second-order valence-electron chi connectivity index (χ2n) is 5.13. The fraction of sp³-hybridized carbons (Fsp3) is 0.118. The molecule has 0 bridgehead atoms. The van der Waals surface area contributed by atoms with Gasteiger partial charge in [-0.2, -0.15) is 0 Å². The average Bonchev–Trinajstić information content (AvgIpc) is 3.02. The number of nitrogens with zero attached hydrogens (tertiary/aromatic N) is 1. The number of aromatic nitrogens is 1. The summed E-state index contributed by atoms with van der Waals surface area (Å²) in [5, 5.41) is 2.18. The Morgan fingerprint density at radius 2 is 2.23 bits per heavy atom. The molecule has 0 radical (unpaired) electrons. The Balaban J connectivity index is 1.70. The van der Waals surface area contributed by atoms with E-state index < -0.39 is 11.4 Å². The van der Waals surface area contributed by atoms with Crippen molar-refractivity contribution in [2.45, 2.75) is 17.0 Å². The van der Waals surface area contributed by atoms with Gasteiger partial charge < -0.3 is 9.15 Å². The Hall–Kier alpha value is -1.61. The number of aryl methyl sites for hydroxylation is 1. The van der Waals surface area contributed by atoms with Crippen LogP contribution in [-0.2, 0) is 5.75 Å². The number of thiazole rings is 1. The molecular formula is C17H11BrClNO4S2. The second kappa shape index (κ2) is 8.39. The molecule has 0 aliphatic heterocycles. The molecule has 2 aromatic heterocycles. The van der Waals surface area contributed by atoms with E-state index in [1.165, 1.54) is 35.2 Å². The number of thioether (sulfide) groups is 1. The number of carbonyl (C=O) groups is 1. The number of halogens is 2. The van der Waals surface area contributed by atoms with E-state index in [-0.39, 0.29) is 16.3 Å². The molecule has 0 N–H and O–H groups in total. The van der Waals surface area contributed by atoms with Crippen LogP contribution in [0, 0.1) is 6.92 Å². The zero-order chi connectivity index (χ0) is 18.7. The minimum absolute atomic E-state index is 0.152. The van der Waals surface area contributed by atoms with E-state index >= 15 is 0 Å². The minimum Gasteiger partial charge on any atom is -0.464 e. The quantitative estimate of drug-likeness (QED) is 0.369. The lowest BCUT2D eigenvalue weighted by molar-refractivity contribution is 0.0729. The molecule has 9 heteroatoms. The van der Waals surface area contributed by atoms with E-state index in [0.29, 0.717) is 16.0 Å². The van der Waals surface area contributed by atoms with Crippen LogP contribution in [-0.4, -0.2) is 11.0 Å². The lowest BCUT2D eigenvalue weighted by Gasteiger charge is -2.06. The van der Waals surface area contributed by atoms with Gasteiger partial charge in [0.1, 0.15) is 12.0 Å². The summed E-state index contributed by atoms with van der Waals surface area (Å²) in [6.45, 7) is 1.92. The first-order chi connectivity index (χ1) is 12.4. The average molecular weight is 473 g/mol. The van der Waals surface area contributed by atoms with Crippen LogP contribution >= 0.6 is 50.6 Å². The van der Waals surface area contributed by atoms with Gasteiger partial charge in [0.15, 0.2) is 4.34 Å². The Labute approximate surface area is 170 Å². The fourth-order valence-corrected chi connectivity index (χ4v) is 4.22. The van der Waals surface area contributed by atoms with Crippen LogP contribution in [0.3, 0.4) is 0 Å². The maximum Gasteiger partial charge on any atom is 0.345 e. The Morgan fingerprint density at radius 3 is 2.92 bits per heavy atom. The van der Waals surface area contributed by atoms with E-state index in [1.807, 2.05) is 12.3 Å². The summed E-state index contributed by atoms with van der Waals surface area (Å²) in [6, 6.07) is 6.08. The van der Waals surface area contributed by atoms with Gasteiger partial charge in [-0.1, -0.05) is 39.3 Å². The molecule has 0 atom stereocenters. The molecule has 1 aromatic carbocycles. The second-order valence-corrected chi connectivity index (χ2v) is 8.54. The van der Waals surface area contributed by atoms with Crippen molar-refractivity contribution in [1.82, 2.24) is 4.98 Å². The molecule has 0 fully saturated rings. The van der Waals surface area contributed by atoms with Crippen LogP contribution in [0.1, 0.15) is 21.8 Å². The third-order valence-corrected chi connectivity index (χ3v) is 6.12. The molecule has 0 aliphatic carbocycles. The third-order valence-electron chi connectivity index (χ3n) is 3.14. The van der Waals surface area contributed by atoms with Gasteiger partial charge in [0.2, 0.25) is 11.2 Å². The molecule has 0 spiro atoms. The van der Waals surface area contributed by atoms with Crippen LogP contribution in [0.2, 0.25) is 5.02 Å². The maximum atomic E-state index is 12.2. The number of hydrogen-bond acceptors (Lipinski definition) is 7. The Kier molecular flexibility index (Phi) is 6.18. The Bertz CT molecular complexity index is 1020. The molecule has 134 valence electrons. The molecule has 26 heavy (non-hydrogen) atoms. The normalized spacial score (nSPS) is 10.7. The number of carbonyl (C=O) groups excluding carboxylic acids is 1. The molecule has 0 saturated carbocycles. The molecule has 3 aromatic rings. The van der Waals surface area contributed by atoms with Crippen LogP contribution < -0.4 is 10.2 Å². The molecule has 5 nitrogen and oxygen atoms in total. The molecule has 0 unspecified atom stereocenters. The molecular weight excluding hydrogens is 462 g/mol. The Morgan fingerprint density at radius 1 is 1.42 bits per heavy atom. The summed E-state index contributed by atoms with van der Waals surface area (Å²) in [5.41, 5.74) is 0.660. The van der Waals surface area contributed by atoms with Crippen molar-refractivity contribution in [1.29, 1.82) is 0 Å². The number of ether oxygens (including phenoxy) is 1. The molecule has 0 amide bonds. The highest BCUT2D eigenvalue weighted by Gasteiger charge is 2.16. The topological polar surface area (TPSA) is 69.4 Å². The smallest absolute Gasteiger partial charge is 0.345 e. The number of hydrogen-bond donors (Lipinski definition) is 0. The van der Waals surface area contributed by atoms with Crippen molar-refractivity contribution in [3.63, 3.8) is 0 Å². The summed E-state index contributed by atoms with van der Waals surface area (Å²) < 4.78 is 12.1. The zero-order valence-electron chi connectivity index (χ0n) is 13.3. The number of benzene rings is 1. The first kappa shape index (κ1) is 19.2. The molecule has 0 aliphatic rings. The summed E-state index contributed by atoms with van der Waals surface area (Å²) in [4.78, 5) is 28.7. The van der Waals surface area contributed by atoms with Gasteiger partial charge in [-0.3, -0.25) is 4.79 Å². The van der Waals surface area contributed by atoms with Crippen molar-refractivity contribution in [2.24, 2.45) is 0 Å². The molecule has 0 saturated heterocycles. The zero-order valence-corrected chi connectivity index (χ0v) is 17.3. The lowest BCUT2D eigenvalue weighted by atomic mass is 10.2. The highest BCUT2D eigenvalue weighted by molar-refractivity contribution is 9.10. The van der Waals surface area contributed by atoms with Crippen molar-refractivity contribution in [3.8, 4) is 5.75 Å². The van der Waals surface area contributed by atoms with E-state index in [4.69, 9.17) is 20.8 Å². The minimum atomic E-state index is -0.732. The van der Waals surface area contributed by atoms with E-state index in [9.17, 15) is 9.59 Å². The van der Waals surface area contributed by atoms with Gasteiger partial charge in [0.05, 0.1) is 16.3 Å². The summed E-state index contributed by atoms with van der Waals surface area (Å²) >= 11 is 12.2. The van der Waals surface area contributed by atoms with E-state index in [1.54, 1.807) is 12.1 Å². The monoisotopic (exact) mass is 471 g/mol. The standard InChI is InChI=1S/C17H11BrClNO4S2/c1-9-7-25-17(20-9)26-8-11-5-14(21)15(6-23-11)24-16(22)12-4-10(18)2-3-13(12)19/h2-7H,8H2,1H3. The van der Waals surface area contributed by atoms with Crippen LogP contribution in [0.5, 0.6) is 5.75 Å². The van der Waals surface area contributed by atoms with Crippen LogP contribution in [0.25, 0.3) is 0 Å². The summed E-state index contributed by atoms with van der Waals surface area (Å²) in [5.74, 6) is -0.00421. The fourth-order valence-electron chi connectivity index (χ4n) is 1.93. The van der Waals surface area contributed by atoms with E-state index in [2.05, 4.69) is 20.9 Å². The predicted molar refractivity (Wildman–Crippen MR) is 106 cm³/mol. The number of esters is 1. The number of rotatable bonds is 5. The molecule has 2 heterocycles. The highest BCUT2D eigenvalue weighted by Crippen LogP contribution is 2.26. The first-order valence-electron chi connectivity index (χ1n) is 7.26. The van der Waals surface area contributed by atoms with Gasteiger partial charge >= 0.3 is 5.97 Å². The maximum absolute atomic E-state index is 12.2. The summed E-state index contributed by atoms with van der Waals surface area (Å²) in [7, 11) is 0. The predicted octanol–water partition coefficient (Wildman–Crippen LogP) is 5.33. The first-order valence-corrected chi connectivity index (χ1v) is 10.3. The lowest BCUT2D eigenvalue weighted by Crippen LogP contribution is -2.15. The SMILES string of the molecule is Cc1csc(SCc2cc(=O)c(OC(=O)c3cc(Br)ccc3Cl)co2)n1. The van der Waals surface area contributed by atoms with Crippen LogP contribution in [0.4, 0.5) is 0 Å². The van der Waals surface area contributed by atoms with E-state index in [0.717, 1.165) is 16.3 Å². The molecule has 3 rings (SSSR count). The highest BCUT2D eigenvalue weighted by atomic mass is 79.9. The summed E-state index contributed by atoms with van der Waals surface area (Å²) in [6.07, 6.45) is 1.13. The largest absolute Gasteiger partial charge is 0.464 e. The van der Waals surface area contributed by atoms with Crippen molar-refractivity contribution < 1.29 is 13.9 Å². The third kappa shape index (κ3) is 4.76. The van der Waals surface area contributed by atoms with Gasteiger partial charge in [-0.05, 0) is 25.1 Å².